The molecule has 55 heavy (non-hydrogen) atoms. The number of carbonyl (C=O) groups excluding carboxylic acids is 1. The quantitative estimate of drug-likeness (QED) is 0.111. The lowest BCUT2D eigenvalue weighted by molar-refractivity contribution is 0.101. The van der Waals surface area contributed by atoms with E-state index in [1.807, 2.05) is 78.8 Å². The van der Waals surface area contributed by atoms with Crippen molar-refractivity contribution < 1.29 is 4.79 Å². The molecule has 0 amide bonds. The molecular formula is C51H77ClN2O. The third-order valence-corrected chi connectivity index (χ3v) is 8.16. The van der Waals surface area contributed by atoms with Gasteiger partial charge in [0.15, 0.2) is 5.78 Å². The zero-order chi connectivity index (χ0) is 43.4. The van der Waals surface area contributed by atoms with E-state index in [0.717, 1.165) is 60.3 Å². The lowest BCUT2D eigenvalue weighted by Crippen LogP contribution is -1.99. The van der Waals surface area contributed by atoms with Crippen molar-refractivity contribution in [3.05, 3.63) is 117 Å². The molecule has 0 radical (unpaired) electrons. The van der Waals surface area contributed by atoms with E-state index >= 15 is 0 Å². The van der Waals surface area contributed by atoms with Gasteiger partial charge in [-0.15, -0.1) is 13.0 Å². The van der Waals surface area contributed by atoms with E-state index < -0.39 is 0 Å². The largest absolute Gasteiger partial charge is 0.295 e. The molecule has 3 nitrogen and oxygen atoms in total. The summed E-state index contributed by atoms with van der Waals surface area (Å²) in [6.07, 6.45) is 22.4. The van der Waals surface area contributed by atoms with Gasteiger partial charge in [0, 0.05) is 17.3 Å². The van der Waals surface area contributed by atoms with E-state index in [2.05, 4.69) is 97.1 Å². The Bertz CT molecular complexity index is 1610. The highest BCUT2D eigenvalue weighted by molar-refractivity contribution is 6.33. The molecule has 1 atom stereocenters. The number of Topliss-reactive ketones (excluding diaryl/α,β-unsaturated/α-hetero) is 1. The second kappa shape index (κ2) is 38.1. The highest BCUT2D eigenvalue weighted by Crippen LogP contribution is 2.33. The minimum Gasteiger partial charge on any atom is -0.295 e. The minimum atomic E-state index is 0.166. The number of nitriles is 1. The summed E-state index contributed by atoms with van der Waals surface area (Å²) < 4.78 is 0. The molecule has 2 aromatic carbocycles. The van der Waals surface area contributed by atoms with Gasteiger partial charge in [0.1, 0.15) is 6.07 Å². The van der Waals surface area contributed by atoms with Gasteiger partial charge >= 0.3 is 0 Å². The Morgan fingerprint density at radius 2 is 1.51 bits per heavy atom. The van der Waals surface area contributed by atoms with E-state index in [0.29, 0.717) is 16.3 Å². The first-order chi connectivity index (χ1) is 26.4. The molecule has 1 aromatic heterocycles. The predicted octanol–water partition coefficient (Wildman–Crippen LogP) is 16.2. The molecule has 0 saturated heterocycles. The Morgan fingerprint density at radius 3 is 1.95 bits per heavy atom. The van der Waals surface area contributed by atoms with Crippen LogP contribution >= 0.6 is 11.6 Å². The average molecular weight is 770 g/mol. The number of carbonyl (C=O) groups is 1. The molecule has 3 rings (SSSR count). The molecular weight excluding hydrogens is 692 g/mol. The van der Waals surface area contributed by atoms with Gasteiger partial charge in [-0.1, -0.05) is 156 Å². The Morgan fingerprint density at radius 1 is 0.927 bits per heavy atom. The maximum Gasteiger partial charge on any atom is 0.160 e. The van der Waals surface area contributed by atoms with E-state index in [9.17, 15) is 4.79 Å². The number of allylic oxidation sites excluding steroid dienone is 4. The molecule has 304 valence electrons. The first-order valence-corrected chi connectivity index (χ1v) is 21.0. The zero-order valence-electron chi connectivity index (χ0n) is 37.8. The number of halogens is 1. The van der Waals surface area contributed by atoms with Gasteiger partial charge in [-0.2, -0.15) is 5.26 Å². The summed E-state index contributed by atoms with van der Waals surface area (Å²) in [5, 5.41) is 9.40. The maximum absolute atomic E-state index is 11.2. The van der Waals surface area contributed by atoms with Crippen LogP contribution < -0.4 is 0 Å². The fourth-order valence-corrected chi connectivity index (χ4v) is 5.21. The lowest BCUT2D eigenvalue weighted by Gasteiger charge is -2.13. The van der Waals surface area contributed by atoms with Crippen molar-refractivity contribution in [3.63, 3.8) is 0 Å². The van der Waals surface area contributed by atoms with Gasteiger partial charge in [0.2, 0.25) is 0 Å². The van der Waals surface area contributed by atoms with E-state index in [-0.39, 0.29) is 5.78 Å². The van der Waals surface area contributed by atoms with E-state index in [1.54, 1.807) is 19.1 Å². The SMILES string of the molecule is C#C/C=C\c1c(C)cc(CC)cc1-c1ncc(C#N)cc1Cl.C=CCCC(C)/C(C)=C\CC.CC.CC.CC.CCC.CCc1ccc(C(C)=O)c(CC)c1. The number of aromatic nitrogens is 1. The number of rotatable bonds is 11. The van der Waals surface area contributed by atoms with Gasteiger partial charge < -0.3 is 0 Å². The highest BCUT2D eigenvalue weighted by atomic mass is 35.5. The van der Waals surface area contributed by atoms with Crippen LogP contribution in [0.3, 0.4) is 0 Å². The van der Waals surface area contributed by atoms with Gasteiger partial charge in [0.25, 0.3) is 0 Å². The lowest BCUT2D eigenvalue weighted by atomic mass is 9.94. The summed E-state index contributed by atoms with van der Waals surface area (Å²) in [6.45, 7) is 36.6. The van der Waals surface area contributed by atoms with Crippen molar-refractivity contribution in [2.24, 2.45) is 5.92 Å². The summed E-state index contributed by atoms with van der Waals surface area (Å²) in [4.78, 5) is 15.6. The predicted molar refractivity (Wildman–Crippen MR) is 249 cm³/mol. The Hall–Kier alpha value is -4.18. The van der Waals surface area contributed by atoms with Gasteiger partial charge in [-0.3, -0.25) is 9.78 Å². The van der Waals surface area contributed by atoms with Crippen LogP contribution in [0.25, 0.3) is 17.3 Å². The molecule has 0 aliphatic rings. The summed E-state index contributed by atoms with van der Waals surface area (Å²) in [5.74, 6) is 3.40. The molecule has 0 saturated carbocycles. The number of hydrogen-bond donors (Lipinski definition) is 0. The second-order valence-corrected chi connectivity index (χ2v) is 12.4. The Kier molecular flexibility index (Phi) is 39.9. The molecule has 1 unspecified atom stereocenters. The molecule has 0 spiro atoms. The van der Waals surface area contributed by atoms with E-state index in [1.165, 1.54) is 41.3 Å². The molecule has 0 N–H and O–H groups in total. The van der Waals surface area contributed by atoms with Crippen molar-refractivity contribution in [3.8, 4) is 29.7 Å². The van der Waals surface area contributed by atoms with Crippen molar-refractivity contribution in [1.82, 2.24) is 4.98 Å². The van der Waals surface area contributed by atoms with Crippen molar-refractivity contribution >= 4 is 23.5 Å². The third kappa shape index (κ3) is 24.1. The van der Waals surface area contributed by atoms with Crippen LogP contribution in [0, 0.1) is 36.5 Å². The van der Waals surface area contributed by atoms with Gasteiger partial charge in [0.05, 0.1) is 16.3 Å². The smallest absolute Gasteiger partial charge is 0.160 e. The summed E-state index contributed by atoms with van der Waals surface area (Å²) in [7, 11) is 0. The number of terminal acetylenes is 1. The number of hydrogen-bond acceptors (Lipinski definition) is 3. The van der Waals surface area contributed by atoms with Crippen LogP contribution in [0.5, 0.6) is 0 Å². The fourth-order valence-electron chi connectivity index (χ4n) is 4.94. The van der Waals surface area contributed by atoms with Gasteiger partial charge in [-0.05, 0) is 117 Å². The van der Waals surface area contributed by atoms with Crippen molar-refractivity contribution in [2.45, 2.75) is 156 Å². The number of ketones is 1. The average Bonchev–Trinajstić information content (AvgIpc) is 3.21. The Balaban J connectivity index is -0.000000339. The first kappa shape index (κ1) is 57.5. The number of pyridine rings is 1. The topological polar surface area (TPSA) is 53.8 Å². The second-order valence-electron chi connectivity index (χ2n) is 12.0. The highest BCUT2D eigenvalue weighted by Gasteiger charge is 2.13. The van der Waals surface area contributed by atoms with Crippen LogP contribution in [-0.2, 0) is 19.3 Å². The van der Waals surface area contributed by atoms with Gasteiger partial charge in [-0.25, -0.2) is 0 Å². The summed E-state index contributed by atoms with van der Waals surface area (Å²) in [5.41, 5.74) is 10.2. The van der Waals surface area contributed by atoms with Crippen LogP contribution in [0.4, 0.5) is 0 Å². The number of benzene rings is 2. The molecule has 0 fully saturated rings. The molecule has 3 aromatic rings. The van der Waals surface area contributed by atoms with Crippen molar-refractivity contribution in [1.29, 1.82) is 5.26 Å². The summed E-state index contributed by atoms with van der Waals surface area (Å²) >= 11 is 6.32. The molecule has 4 heteroatoms. The standard InChI is InChI=1S/C19H15ClN2.C12H16O.C11H20.C3H8.3C2H6/c1-4-6-7-16-13(3)8-14(5-2)9-17(16)19-18(20)10-15(11-21)12-22-19;1-4-10-6-7-12(9(3)13)11(5-2)8-10;1-5-7-9-11(4)10(3)8-6-2;1-3-2;3*1-2/h1,6-10,12H,5H2,2-3H3;6-8H,4-5H2,1-3H3;5,8,11H,1,6-7,9H2,2-4H3;3H2,1-2H3;3*1-2H3/b7-6-;;10-8-;;;;. The van der Waals surface area contributed by atoms with Crippen LogP contribution in [-0.4, -0.2) is 10.8 Å². The number of nitrogens with zero attached hydrogens (tertiary/aromatic N) is 2. The third-order valence-electron chi connectivity index (χ3n) is 7.87. The number of aryl methyl sites for hydroxylation is 4. The molecule has 0 aliphatic heterocycles. The first-order valence-electron chi connectivity index (χ1n) is 20.6. The summed E-state index contributed by atoms with van der Waals surface area (Å²) in [6, 6.07) is 14.0. The Labute approximate surface area is 345 Å². The normalized spacial score (nSPS) is 10.1. The van der Waals surface area contributed by atoms with Crippen LogP contribution in [0.1, 0.15) is 173 Å². The van der Waals surface area contributed by atoms with Crippen LogP contribution in [0.15, 0.2) is 73.0 Å². The molecule has 0 aliphatic carbocycles. The van der Waals surface area contributed by atoms with Crippen LogP contribution in [0.2, 0.25) is 5.02 Å². The maximum atomic E-state index is 11.2. The molecule has 0 bridgehead atoms. The minimum absolute atomic E-state index is 0.166. The molecule has 1 heterocycles. The monoisotopic (exact) mass is 769 g/mol. The zero-order valence-corrected chi connectivity index (χ0v) is 38.6. The van der Waals surface area contributed by atoms with E-state index in [4.69, 9.17) is 23.3 Å². The van der Waals surface area contributed by atoms with Crippen molar-refractivity contribution in [2.75, 3.05) is 0 Å². The fraction of sp³-hybridized carbons (Fsp3) is 0.471.